The van der Waals surface area contributed by atoms with Crippen LogP contribution in [0.1, 0.15) is 108 Å². The predicted molar refractivity (Wildman–Crippen MR) is 311 cm³/mol. The van der Waals surface area contributed by atoms with Crippen LogP contribution in [0, 0.1) is 18.8 Å². The number of hydrogen-bond donors (Lipinski definition) is 4. The maximum atomic E-state index is 14.4. The lowest BCUT2D eigenvalue weighted by molar-refractivity contribution is -0.141. The number of piperidine rings is 2. The van der Waals surface area contributed by atoms with Gasteiger partial charge in [0.1, 0.15) is 23.8 Å². The topological polar surface area (TPSA) is 225 Å². The fourth-order valence-electron chi connectivity index (χ4n) is 13.4. The van der Waals surface area contributed by atoms with Crippen LogP contribution in [-0.4, -0.2) is 152 Å². The molecule has 0 spiro atoms. The lowest BCUT2D eigenvalue weighted by atomic mass is 9.91. The third kappa shape index (κ3) is 11.8. The van der Waals surface area contributed by atoms with E-state index in [1.54, 1.807) is 23.5 Å². The molecular weight excluding hydrogens is 1040 g/mol. The van der Waals surface area contributed by atoms with Crippen LogP contribution < -0.4 is 30.5 Å². The van der Waals surface area contributed by atoms with Gasteiger partial charge in [-0.05, 0) is 99.6 Å². The fourth-order valence-corrected chi connectivity index (χ4v) is 14.2. The first kappa shape index (κ1) is 54.7. The van der Waals surface area contributed by atoms with Crippen LogP contribution in [0.5, 0.6) is 11.6 Å². The van der Waals surface area contributed by atoms with Gasteiger partial charge in [-0.1, -0.05) is 55.4 Å². The second-order valence-electron chi connectivity index (χ2n) is 23.8. The summed E-state index contributed by atoms with van der Waals surface area (Å²) in [5, 5.41) is 37.5. The first-order valence-corrected chi connectivity index (χ1v) is 30.1. The van der Waals surface area contributed by atoms with E-state index >= 15 is 0 Å². The zero-order valence-electron chi connectivity index (χ0n) is 46.8. The number of thiazole rings is 1. The van der Waals surface area contributed by atoms with Crippen molar-refractivity contribution in [3.8, 4) is 33.3 Å². The Morgan fingerprint density at radius 3 is 2.31 bits per heavy atom. The number of carbonyl (C=O) groups is 2. The highest BCUT2D eigenvalue weighted by atomic mass is 32.1. The van der Waals surface area contributed by atoms with Crippen LogP contribution in [-0.2, 0) is 14.3 Å². The van der Waals surface area contributed by atoms with Gasteiger partial charge >= 0.3 is 0 Å². The first-order valence-electron chi connectivity index (χ1n) is 29.2. The Bertz CT molecular complexity index is 3140. The molecule has 6 aliphatic rings. The second-order valence-corrected chi connectivity index (χ2v) is 24.6. The van der Waals surface area contributed by atoms with Crippen LogP contribution in [0.25, 0.3) is 21.7 Å². The molecule has 20 heteroatoms. The minimum absolute atomic E-state index is 0.0845. The molecule has 5 saturated heterocycles. The van der Waals surface area contributed by atoms with Crippen molar-refractivity contribution in [3.63, 3.8) is 0 Å². The minimum Gasteiger partial charge on any atom is -0.507 e. The van der Waals surface area contributed by atoms with Crippen LogP contribution in [0.2, 0.25) is 0 Å². The van der Waals surface area contributed by atoms with Gasteiger partial charge in [0.2, 0.25) is 17.7 Å². The molecule has 6 aromatic rings. The van der Waals surface area contributed by atoms with E-state index in [0.29, 0.717) is 46.7 Å². The van der Waals surface area contributed by atoms with Crippen molar-refractivity contribution >= 4 is 46.2 Å². The molecule has 428 valence electrons. The summed E-state index contributed by atoms with van der Waals surface area (Å²) < 4.78 is 19.1. The van der Waals surface area contributed by atoms with E-state index in [1.807, 2.05) is 87.9 Å². The number of nitrogens with zero attached hydrogens (tertiary/aromatic N) is 10. The summed E-state index contributed by atoms with van der Waals surface area (Å²) in [6.45, 7) is 14.4. The summed E-state index contributed by atoms with van der Waals surface area (Å²) in [6, 6.07) is 22.8. The Labute approximate surface area is 477 Å². The Hall–Kier alpha value is -6.87. The first-order chi connectivity index (χ1) is 39.3. The lowest BCUT2D eigenvalue weighted by Crippen LogP contribution is -2.54. The number of β-amino-alcohol motifs (C(OH)–C–C–N with tert-alkyl or cyclic N) is 1. The number of rotatable bonds is 17. The summed E-state index contributed by atoms with van der Waals surface area (Å²) in [7, 11) is 0. The van der Waals surface area contributed by atoms with E-state index in [2.05, 4.69) is 62.4 Å². The maximum absolute atomic E-state index is 14.4. The zero-order chi connectivity index (χ0) is 55.9. The van der Waals surface area contributed by atoms with Crippen LogP contribution in [0.4, 0.5) is 23.0 Å². The number of nitrogens with one attached hydrogen (secondary N) is 1. The van der Waals surface area contributed by atoms with Crippen LogP contribution in [0.15, 0.2) is 89.0 Å². The summed E-state index contributed by atoms with van der Waals surface area (Å²) in [5.41, 5.74) is 14.5. The summed E-state index contributed by atoms with van der Waals surface area (Å²) in [5.74, 6) is 1.72. The molecule has 81 heavy (non-hydrogen) atoms. The van der Waals surface area contributed by atoms with Gasteiger partial charge in [-0.15, -0.1) is 21.5 Å². The van der Waals surface area contributed by atoms with E-state index in [4.69, 9.17) is 19.7 Å². The number of piperazine rings is 1. The van der Waals surface area contributed by atoms with Gasteiger partial charge in [0.15, 0.2) is 17.4 Å². The number of aryl methyl sites for hydroxylation is 1. The molecule has 1 aliphatic carbocycles. The number of nitrogen functional groups attached to an aromatic ring is 1. The van der Waals surface area contributed by atoms with Crippen molar-refractivity contribution in [3.05, 3.63) is 102 Å². The quantitative estimate of drug-likeness (QED) is 0.0679. The number of phenolic OH excluding ortho intramolecular Hbond substituents is 1. The molecule has 2 bridgehead atoms. The number of nitrogens with two attached hydrogens (primary N) is 1. The number of pyridine rings is 1. The number of carbonyl (C=O) groups excluding carboxylic acids is 2. The number of likely N-dealkylation sites (tertiary alicyclic amines) is 2. The molecule has 6 fully saturated rings. The average Bonchev–Trinajstić information content (AvgIpc) is 4.28. The number of para-hydroxylation sites is 1. The van der Waals surface area contributed by atoms with Gasteiger partial charge in [0.05, 0.1) is 51.8 Å². The number of phenols is 1. The Morgan fingerprint density at radius 1 is 0.840 bits per heavy atom. The Morgan fingerprint density at radius 2 is 1.59 bits per heavy atom. The molecule has 6 atom stereocenters. The molecule has 4 aromatic heterocycles. The number of hydrogen-bond acceptors (Lipinski definition) is 18. The van der Waals surface area contributed by atoms with Crippen molar-refractivity contribution in [2.45, 2.75) is 140 Å². The molecule has 1 unspecified atom stereocenters. The Balaban J connectivity index is 0.564. The summed E-state index contributed by atoms with van der Waals surface area (Å²) in [4.78, 5) is 49.6. The number of anilines is 4. The number of fused-ring (bicyclic) bond motifs is 2. The van der Waals surface area contributed by atoms with Gasteiger partial charge in [-0.3, -0.25) is 9.59 Å². The highest BCUT2D eigenvalue weighted by Crippen LogP contribution is 2.41. The van der Waals surface area contributed by atoms with Gasteiger partial charge in [0, 0.05) is 113 Å². The van der Waals surface area contributed by atoms with Crippen molar-refractivity contribution in [1.82, 2.24) is 40.4 Å². The highest BCUT2D eigenvalue weighted by molar-refractivity contribution is 7.13. The van der Waals surface area contributed by atoms with Crippen molar-refractivity contribution in [1.29, 1.82) is 0 Å². The molecule has 1 saturated carbocycles. The average molecular weight is 1120 g/mol. The number of ether oxygens (including phenoxy) is 2. The van der Waals surface area contributed by atoms with Gasteiger partial charge in [0.25, 0.3) is 0 Å². The van der Waals surface area contributed by atoms with Gasteiger partial charge in [-0.2, -0.15) is 0 Å². The molecule has 12 rings (SSSR count). The van der Waals surface area contributed by atoms with Gasteiger partial charge in [-0.25, -0.2) is 9.97 Å². The Kier molecular flexibility index (Phi) is 15.9. The summed E-state index contributed by atoms with van der Waals surface area (Å²) in [6.07, 6.45) is 9.84. The van der Waals surface area contributed by atoms with Crippen molar-refractivity contribution < 1.29 is 33.8 Å². The molecule has 19 nitrogen and oxygen atoms in total. The highest BCUT2D eigenvalue weighted by Gasteiger charge is 2.45. The lowest BCUT2D eigenvalue weighted by Gasteiger charge is -2.43. The number of aromatic nitrogens is 5. The van der Waals surface area contributed by atoms with E-state index in [9.17, 15) is 19.8 Å². The third-order valence-electron chi connectivity index (χ3n) is 17.9. The fraction of sp³-hybridized carbons (Fsp3) is 0.525. The summed E-state index contributed by atoms with van der Waals surface area (Å²) >= 11 is 1.60. The number of amides is 2. The molecule has 9 heterocycles. The largest absolute Gasteiger partial charge is 0.507 e. The molecular formula is C61H76N12O7S. The number of benzene rings is 2. The smallest absolute Gasteiger partial charge is 0.243 e. The number of aromatic hydroxyl groups is 1. The van der Waals surface area contributed by atoms with E-state index in [0.717, 1.165) is 136 Å². The van der Waals surface area contributed by atoms with Gasteiger partial charge < -0.3 is 59.8 Å². The number of aliphatic hydroxyl groups excluding tert-OH is 1. The second kappa shape index (κ2) is 23.5. The normalized spacial score (nSPS) is 24.4. The minimum atomic E-state index is -0.803. The number of aliphatic hydroxyl groups is 1. The third-order valence-corrected chi connectivity index (χ3v) is 18.9. The molecule has 2 aromatic carbocycles. The van der Waals surface area contributed by atoms with Crippen LogP contribution >= 0.6 is 11.3 Å². The maximum Gasteiger partial charge on any atom is 0.243 e. The van der Waals surface area contributed by atoms with E-state index < -0.39 is 18.1 Å². The van der Waals surface area contributed by atoms with E-state index in [-0.39, 0.29) is 60.8 Å². The monoisotopic (exact) mass is 1120 g/mol. The van der Waals surface area contributed by atoms with Crippen LogP contribution in [0.3, 0.4) is 0 Å². The van der Waals surface area contributed by atoms with Crippen molar-refractivity contribution in [2.75, 3.05) is 72.8 Å². The molecule has 5 N–H and O–H groups in total. The molecule has 0 radical (unpaired) electrons. The van der Waals surface area contributed by atoms with Crippen molar-refractivity contribution in [2.24, 2.45) is 11.8 Å². The predicted octanol–water partition coefficient (Wildman–Crippen LogP) is 7.99. The SMILES string of the molecule is Cc1ncsc1-c1ccc([C@H](C)NC(=O)[C@@H]2C[C@@H](O)CN2C(=O)[C@H](c2cc(N3CCC(CN4CCC(OC5CC(Oc6cc(N7C8CC[C@@H]7CN(c7cc(-c9ccccc9O)nnc7N)C8)ccn6)C5)CC4)CC3)no2)C(C)C)cc1. The van der Waals surface area contributed by atoms with E-state index in [1.165, 1.54) is 4.90 Å². The standard InChI is InChI=1S/C61H76N12O7S/c1-36(2)57(61(77)72-34-45(74)26-52(72)60(76)65-37(3)40-9-11-41(12-10-40)58-38(4)64-35-81-58)54-30-55(68-80-54)70-23-16-39(17-24-70)31-69-21-18-46(19-22-69)78-47-27-48(28-47)79-56-25-42(15-20-63-56)73-43-13-14-44(73)33-71(32-43)51-29-50(66-67-59(51)62)49-7-5-6-8-53(49)75/h5-12,15,20,25,29-30,35-37,39,43-48,52,57,74-75H,13-14,16-19,21-24,26-28,31-34H2,1-4H3,(H2,62,67)(H,65,76)/t37-,43+,44?,45+,47?,48?,52-,57-/m0/s1. The molecule has 5 aliphatic heterocycles. The zero-order valence-corrected chi connectivity index (χ0v) is 47.7. The molecule has 2 amide bonds.